The summed E-state index contributed by atoms with van der Waals surface area (Å²) < 4.78 is 5.45. The molecule has 0 saturated carbocycles. The lowest BCUT2D eigenvalue weighted by Crippen LogP contribution is -2.08. The van der Waals surface area contributed by atoms with Gasteiger partial charge in [0.1, 0.15) is 5.69 Å². The van der Waals surface area contributed by atoms with Crippen molar-refractivity contribution in [3.05, 3.63) is 44.9 Å². The molecule has 0 aliphatic rings. The molecule has 2 rings (SSSR count). The highest BCUT2D eigenvalue weighted by Gasteiger charge is 2.20. The van der Waals surface area contributed by atoms with E-state index in [0.717, 1.165) is 18.5 Å². The highest BCUT2D eigenvalue weighted by molar-refractivity contribution is 7.07. The van der Waals surface area contributed by atoms with Gasteiger partial charge in [-0.1, -0.05) is 13.0 Å². The van der Waals surface area contributed by atoms with E-state index < -0.39 is 4.92 Å². The fourth-order valence-electron chi connectivity index (χ4n) is 1.87. The summed E-state index contributed by atoms with van der Waals surface area (Å²) in [7, 11) is 0. The first-order valence-corrected chi connectivity index (χ1v) is 7.67. The highest BCUT2D eigenvalue weighted by Crippen LogP contribution is 2.34. The van der Waals surface area contributed by atoms with Gasteiger partial charge in [-0.25, -0.2) is 4.98 Å². The molecule has 21 heavy (non-hydrogen) atoms. The van der Waals surface area contributed by atoms with E-state index in [1.807, 2.05) is 12.3 Å². The van der Waals surface area contributed by atoms with Gasteiger partial charge in [0, 0.05) is 18.3 Å². The molecule has 6 nitrogen and oxygen atoms in total. The van der Waals surface area contributed by atoms with Crippen molar-refractivity contribution in [2.45, 2.75) is 19.8 Å². The maximum absolute atomic E-state index is 11.3. The van der Waals surface area contributed by atoms with Crippen LogP contribution in [0.4, 0.5) is 11.4 Å². The van der Waals surface area contributed by atoms with Crippen molar-refractivity contribution in [3.8, 4) is 5.75 Å². The van der Waals surface area contributed by atoms with Crippen molar-refractivity contribution in [2.24, 2.45) is 0 Å². The topological polar surface area (TPSA) is 77.3 Å². The molecule has 112 valence electrons. The lowest BCUT2D eigenvalue weighted by Gasteiger charge is -2.10. The number of nitro benzene ring substituents is 1. The standard InChI is InChI=1S/C14H17N3O3S/c1-2-8-20-13-5-3-4-12(14(13)17(18)19)15-7-6-11-9-21-10-16-11/h3-5,9-10,15H,2,6-8H2,1H3. The van der Waals surface area contributed by atoms with Gasteiger partial charge in [-0.15, -0.1) is 11.3 Å². The summed E-state index contributed by atoms with van der Waals surface area (Å²) in [6.45, 7) is 3.01. The third-order valence-corrected chi connectivity index (χ3v) is 3.46. The Morgan fingerprint density at radius 2 is 2.33 bits per heavy atom. The van der Waals surface area contributed by atoms with E-state index in [1.54, 1.807) is 23.7 Å². The SMILES string of the molecule is CCCOc1cccc(NCCc2cscn2)c1[N+](=O)[O-]. The molecule has 7 heteroatoms. The fraction of sp³-hybridized carbons (Fsp3) is 0.357. The zero-order valence-corrected chi connectivity index (χ0v) is 12.6. The number of hydrogen-bond donors (Lipinski definition) is 1. The zero-order valence-electron chi connectivity index (χ0n) is 11.7. The van der Waals surface area contributed by atoms with Crippen molar-refractivity contribution in [1.82, 2.24) is 4.98 Å². The van der Waals surface area contributed by atoms with Crippen LogP contribution in [0.25, 0.3) is 0 Å². The number of nitrogens with zero attached hydrogens (tertiary/aromatic N) is 2. The van der Waals surface area contributed by atoms with E-state index in [9.17, 15) is 10.1 Å². The monoisotopic (exact) mass is 307 g/mol. The molecule has 1 heterocycles. The Labute approximate surface area is 126 Å². The molecule has 0 fully saturated rings. The van der Waals surface area contributed by atoms with Crippen LogP contribution in [0.3, 0.4) is 0 Å². The number of anilines is 1. The van der Waals surface area contributed by atoms with E-state index in [1.165, 1.54) is 11.3 Å². The van der Waals surface area contributed by atoms with Gasteiger partial charge in [0.2, 0.25) is 0 Å². The molecule has 1 aromatic carbocycles. The molecule has 1 aromatic heterocycles. The minimum absolute atomic E-state index is 0.00997. The molecule has 0 spiro atoms. The molecule has 0 saturated heterocycles. The van der Waals surface area contributed by atoms with Gasteiger partial charge in [-0.05, 0) is 18.6 Å². The predicted molar refractivity (Wildman–Crippen MR) is 83.2 cm³/mol. The summed E-state index contributed by atoms with van der Waals surface area (Å²) in [6, 6.07) is 5.07. The Kier molecular flexibility index (Phi) is 5.51. The molecule has 0 bridgehead atoms. The van der Waals surface area contributed by atoms with Crippen LogP contribution < -0.4 is 10.1 Å². The lowest BCUT2D eigenvalue weighted by molar-refractivity contribution is -0.385. The van der Waals surface area contributed by atoms with Crippen LogP contribution >= 0.6 is 11.3 Å². The largest absolute Gasteiger partial charge is 0.487 e. The molecular weight excluding hydrogens is 290 g/mol. The number of hydrogen-bond acceptors (Lipinski definition) is 6. The summed E-state index contributed by atoms with van der Waals surface area (Å²) in [5, 5.41) is 16.3. The van der Waals surface area contributed by atoms with E-state index in [0.29, 0.717) is 24.6 Å². The second-order valence-electron chi connectivity index (χ2n) is 4.41. The van der Waals surface area contributed by atoms with E-state index >= 15 is 0 Å². The van der Waals surface area contributed by atoms with Crippen LogP contribution in [0.1, 0.15) is 19.0 Å². The van der Waals surface area contributed by atoms with Crippen molar-refractivity contribution in [2.75, 3.05) is 18.5 Å². The van der Waals surface area contributed by atoms with Crippen LogP contribution in [0.5, 0.6) is 5.75 Å². The number of nitrogens with one attached hydrogen (secondary N) is 1. The lowest BCUT2D eigenvalue weighted by atomic mass is 10.2. The van der Waals surface area contributed by atoms with Gasteiger partial charge < -0.3 is 10.1 Å². The second-order valence-corrected chi connectivity index (χ2v) is 5.13. The average Bonchev–Trinajstić information content (AvgIpc) is 2.98. The van der Waals surface area contributed by atoms with Gasteiger partial charge in [-0.2, -0.15) is 0 Å². The number of nitro groups is 1. The summed E-state index contributed by atoms with van der Waals surface area (Å²) in [5.41, 5.74) is 3.22. The third kappa shape index (κ3) is 4.16. The maximum atomic E-state index is 11.3. The molecule has 0 aliphatic heterocycles. The van der Waals surface area contributed by atoms with E-state index in [2.05, 4.69) is 10.3 Å². The smallest absolute Gasteiger partial charge is 0.333 e. The van der Waals surface area contributed by atoms with Crippen LogP contribution in [0.2, 0.25) is 0 Å². The summed E-state index contributed by atoms with van der Waals surface area (Å²) in [5.74, 6) is 0.306. The Morgan fingerprint density at radius 1 is 1.48 bits per heavy atom. The normalized spacial score (nSPS) is 10.3. The Bertz CT molecular complexity index is 587. The van der Waals surface area contributed by atoms with Gasteiger partial charge in [0.25, 0.3) is 0 Å². The summed E-state index contributed by atoms with van der Waals surface area (Å²) in [6.07, 6.45) is 1.53. The number of rotatable bonds is 8. The quantitative estimate of drug-likeness (QED) is 0.596. The Balaban J connectivity index is 2.08. The van der Waals surface area contributed by atoms with Crippen molar-refractivity contribution >= 4 is 22.7 Å². The van der Waals surface area contributed by atoms with Crippen molar-refractivity contribution in [1.29, 1.82) is 0 Å². The molecule has 1 N–H and O–H groups in total. The Morgan fingerprint density at radius 3 is 3.00 bits per heavy atom. The number of benzene rings is 1. The second kappa shape index (κ2) is 7.58. The van der Waals surface area contributed by atoms with Gasteiger partial charge >= 0.3 is 5.69 Å². The van der Waals surface area contributed by atoms with Crippen LogP contribution in [0.15, 0.2) is 29.1 Å². The summed E-state index contributed by atoms with van der Waals surface area (Å²) in [4.78, 5) is 15.0. The van der Waals surface area contributed by atoms with Crippen LogP contribution in [-0.4, -0.2) is 23.1 Å². The third-order valence-electron chi connectivity index (χ3n) is 2.82. The van der Waals surface area contributed by atoms with E-state index in [-0.39, 0.29) is 5.69 Å². The fourth-order valence-corrected chi connectivity index (χ4v) is 2.46. The molecule has 0 atom stereocenters. The molecular formula is C14H17N3O3S. The molecule has 0 aliphatic carbocycles. The van der Waals surface area contributed by atoms with E-state index in [4.69, 9.17) is 4.74 Å². The maximum Gasteiger partial charge on any atom is 0.333 e. The average molecular weight is 307 g/mol. The van der Waals surface area contributed by atoms with Gasteiger partial charge in [0.05, 0.1) is 22.7 Å². The van der Waals surface area contributed by atoms with Crippen molar-refractivity contribution < 1.29 is 9.66 Å². The summed E-state index contributed by atoms with van der Waals surface area (Å²) >= 11 is 1.54. The first-order valence-electron chi connectivity index (χ1n) is 6.73. The first-order chi connectivity index (χ1) is 10.2. The first kappa shape index (κ1) is 15.2. The van der Waals surface area contributed by atoms with Gasteiger partial charge in [-0.3, -0.25) is 10.1 Å². The molecule has 0 unspecified atom stereocenters. The minimum Gasteiger partial charge on any atom is -0.487 e. The van der Waals surface area contributed by atoms with Crippen LogP contribution in [-0.2, 0) is 6.42 Å². The number of aromatic nitrogens is 1. The molecule has 0 amide bonds. The van der Waals surface area contributed by atoms with Gasteiger partial charge in [0.15, 0.2) is 5.75 Å². The minimum atomic E-state index is -0.407. The zero-order chi connectivity index (χ0) is 15.1. The predicted octanol–water partition coefficient (Wildman–Crippen LogP) is 3.49. The number of thiazole rings is 1. The molecule has 0 radical (unpaired) electrons. The van der Waals surface area contributed by atoms with Crippen molar-refractivity contribution in [3.63, 3.8) is 0 Å². The highest BCUT2D eigenvalue weighted by atomic mass is 32.1. The Hall–Kier alpha value is -2.15. The molecule has 2 aromatic rings. The van der Waals surface area contributed by atoms with Crippen LogP contribution in [0, 0.1) is 10.1 Å². The number of para-hydroxylation sites is 1. The number of ether oxygens (including phenoxy) is 1.